The number of nitrogens with one attached hydrogen (secondary N) is 1. The quantitative estimate of drug-likeness (QED) is 0.726. The van der Waals surface area contributed by atoms with Gasteiger partial charge in [0.05, 0.1) is 31.1 Å². The lowest BCUT2D eigenvalue weighted by Crippen LogP contribution is -2.17. The van der Waals surface area contributed by atoms with Crippen molar-refractivity contribution in [3.63, 3.8) is 0 Å². The molecule has 2 aromatic carbocycles. The molecule has 0 fully saturated rings. The molecule has 1 heterocycles. The van der Waals surface area contributed by atoms with E-state index < -0.39 is 17.5 Å². The number of fused-ring (bicyclic) bond motifs is 1. The van der Waals surface area contributed by atoms with Gasteiger partial charge in [-0.15, -0.1) is 10.2 Å². The van der Waals surface area contributed by atoms with Crippen molar-refractivity contribution in [2.24, 2.45) is 5.73 Å². The number of anilines is 2. The van der Waals surface area contributed by atoms with Gasteiger partial charge >= 0.3 is 0 Å². The Hall–Kier alpha value is -3.49. The Morgan fingerprint density at radius 3 is 2.38 bits per heavy atom. The van der Waals surface area contributed by atoms with Crippen LogP contribution < -0.4 is 20.5 Å². The third-order valence-electron chi connectivity index (χ3n) is 3.69. The van der Waals surface area contributed by atoms with Gasteiger partial charge < -0.3 is 20.5 Å². The summed E-state index contributed by atoms with van der Waals surface area (Å²) in [5, 5.41) is 10.9. The fraction of sp³-hybridized carbons (Fsp3) is 0.118. The zero-order chi connectivity index (χ0) is 18.8. The topological polar surface area (TPSA) is 99.4 Å². The third-order valence-corrected chi connectivity index (χ3v) is 3.69. The monoisotopic (exact) mass is 360 g/mol. The average Bonchev–Trinajstić information content (AvgIpc) is 2.62. The zero-order valence-corrected chi connectivity index (χ0v) is 13.8. The highest BCUT2D eigenvalue weighted by Crippen LogP contribution is 2.36. The summed E-state index contributed by atoms with van der Waals surface area (Å²) in [6.07, 6.45) is 0. The summed E-state index contributed by atoms with van der Waals surface area (Å²) < 4.78 is 37.6. The third kappa shape index (κ3) is 3.06. The van der Waals surface area contributed by atoms with Crippen LogP contribution in [-0.4, -0.2) is 30.3 Å². The van der Waals surface area contributed by atoms with Crippen LogP contribution in [-0.2, 0) is 0 Å². The molecule has 0 aliphatic heterocycles. The standard InChI is InChI=1S/C17H14F2N4O3/c1-25-13-6-9-12(7-14(13)26-2)22-23-16(17(20)24)15(9)21-11-4-3-8(18)5-10(11)19/h3-7H,1-2H3,(H2,20,24)(H,21,22). The van der Waals surface area contributed by atoms with Crippen molar-refractivity contribution < 1.29 is 23.0 Å². The maximum atomic E-state index is 14.0. The Morgan fingerprint density at radius 2 is 1.77 bits per heavy atom. The molecule has 0 aliphatic rings. The molecular weight excluding hydrogens is 346 g/mol. The predicted octanol–water partition coefficient (Wildman–Crippen LogP) is 2.77. The highest BCUT2D eigenvalue weighted by Gasteiger charge is 2.19. The second kappa shape index (κ2) is 6.79. The number of amides is 1. The zero-order valence-electron chi connectivity index (χ0n) is 13.8. The predicted molar refractivity (Wildman–Crippen MR) is 90.8 cm³/mol. The van der Waals surface area contributed by atoms with Crippen molar-refractivity contribution in [2.45, 2.75) is 0 Å². The Kier molecular flexibility index (Phi) is 4.53. The van der Waals surface area contributed by atoms with Crippen molar-refractivity contribution in [3.8, 4) is 11.5 Å². The minimum Gasteiger partial charge on any atom is -0.493 e. The molecule has 0 bridgehead atoms. The lowest BCUT2D eigenvalue weighted by atomic mass is 10.1. The minimum atomic E-state index is -0.862. The largest absolute Gasteiger partial charge is 0.493 e. The fourth-order valence-electron chi connectivity index (χ4n) is 2.46. The molecule has 0 saturated heterocycles. The molecule has 3 aromatic rings. The fourth-order valence-corrected chi connectivity index (χ4v) is 2.46. The van der Waals surface area contributed by atoms with Crippen LogP contribution in [0, 0.1) is 11.6 Å². The maximum Gasteiger partial charge on any atom is 0.271 e. The van der Waals surface area contributed by atoms with E-state index in [9.17, 15) is 13.6 Å². The van der Waals surface area contributed by atoms with E-state index in [0.717, 1.165) is 6.07 Å². The summed E-state index contributed by atoms with van der Waals surface area (Å²) in [5.74, 6) is -1.66. The molecule has 0 aliphatic carbocycles. The molecule has 9 heteroatoms. The number of primary amides is 1. The van der Waals surface area contributed by atoms with Crippen LogP contribution in [0.4, 0.5) is 20.2 Å². The number of benzene rings is 2. The molecule has 0 spiro atoms. The average molecular weight is 360 g/mol. The Morgan fingerprint density at radius 1 is 1.08 bits per heavy atom. The van der Waals surface area contributed by atoms with Gasteiger partial charge in [0.25, 0.3) is 5.91 Å². The van der Waals surface area contributed by atoms with Crippen molar-refractivity contribution in [1.29, 1.82) is 0 Å². The second-order valence-corrected chi connectivity index (χ2v) is 5.26. The normalized spacial score (nSPS) is 10.6. The van der Waals surface area contributed by atoms with E-state index in [1.165, 1.54) is 20.3 Å². The summed E-state index contributed by atoms with van der Waals surface area (Å²) in [6.45, 7) is 0. The number of carbonyl (C=O) groups excluding carboxylic acids is 1. The van der Waals surface area contributed by atoms with Gasteiger partial charge in [0.1, 0.15) is 11.6 Å². The first-order chi connectivity index (χ1) is 12.4. The van der Waals surface area contributed by atoms with Crippen LogP contribution in [0.15, 0.2) is 30.3 Å². The van der Waals surface area contributed by atoms with Gasteiger partial charge in [-0.1, -0.05) is 0 Å². The molecule has 26 heavy (non-hydrogen) atoms. The smallest absolute Gasteiger partial charge is 0.271 e. The van der Waals surface area contributed by atoms with Crippen LogP contribution >= 0.6 is 0 Å². The first kappa shape index (κ1) is 17.3. The Balaban J connectivity index is 2.25. The molecule has 0 saturated carbocycles. The highest BCUT2D eigenvalue weighted by atomic mass is 19.1. The molecular formula is C17H14F2N4O3. The summed E-state index contributed by atoms with van der Waals surface area (Å²) >= 11 is 0. The van der Waals surface area contributed by atoms with Gasteiger partial charge in [0, 0.05) is 17.5 Å². The Bertz CT molecular complexity index is 1010. The van der Waals surface area contributed by atoms with Gasteiger partial charge in [-0.2, -0.15) is 0 Å². The number of ether oxygens (including phenoxy) is 2. The van der Waals surface area contributed by atoms with E-state index in [1.54, 1.807) is 12.1 Å². The van der Waals surface area contributed by atoms with Gasteiger partial charge in [0.2, 0.25) is 0 Å². The van der Waals surface area contributed by atoms with Crippen LogP contribution in [0.5, 0.6) is 11.5 Å². The summed E-state index contributed by atoms with van der Waals surface area (Å²) in [6, 6.07) is 6.10. The van der Waals surface area contributed by atoms with E-state index in [2.05, 4.69) is 15.5 Å². The molecule has 3 N–H and O–H groups in total. The number of nitrogens with two attached hydrogens (primary N) is 1. The second-order valence-electron chi connectivity index (χ2n) is 5.26. The minimum absolute atomic E-state index is 0.0574. The van der Waals surface area contributed by atoms with E-state index >= 15 is 0 Å². The van der Waals surface area contributed by atoms with Crippen molar-refractivity contribution in [3.05, 3.63) is 47.7 Å². The Labute approximate surface area is 146 Å². The number of carbonyl (C=O) groups is 1. The summed E-state index contributed by atoms with van der Waals surface area (Å²) in [7, 11) is 2.90. The van der Waals surface area contributed by atoms with E-state index in [0.29, 0.717) is 28.5 Å². The van der Waals surface area contributed by atoms with Crippen LogP contribution in [0.2, 0.25) is 0 Å². The number of aromatic nitrogens is 2. The van der Waals surface area contributed by atoms with Crippen molar-refractivity contribution >= 4 is 28.2 Å². The van der Waals surface area contributed by atoms with Crippen molar-refractivity contribution in [1.82, 2.24) is 10.2 Å². The molecule has 0 atom stereocenters. The lowest BCUT2D eigenvalue weighted by molar-refractivity contribution is 0.0995. The number of nitrogens with zero attached hydrogens (tertiary/aromatic N) is 2. The number of hydrogen-bond acceptors (Lipinski definition) is 6. The SMILES string of the molecule is COc1cc2nnc(C(N)=O)c(Nc3ccc(F)cc3F)c2cc1OC. The molecule has 1 amide bonds. The number of rotatable bonds is 5. The molecule has 7 nitrogen and oxygen atoms in total. The van der Waals surface area contributed by atoms with Gasteiger partial charge in [-0.3, -0.25) is 4.79 Å². The molecule has 3 rings (SSSR count). The first-order valence-corrected chi connectivity index (χ1v) is 7.39. The van der Waals surface area contributed by atoms with Gasteiger partial charge in [-0.05, 0) is 18.2 Å². The molecule has 1 aromatic heterocycles. The summed E-state index contributed by atoms with van der Waals surface area (Å²) in [4.78, 5) is 11.7. The molecule has 134 valence electrons. The first-order valence-electron chi connectivity index (χ1n) is 7.39. The maximum absolute atomic E-state index is 14.0. The number of hydrogen-bond donors (Lipinski definition) is 2. The number of methoxy groups -OCH3 is 2. The van der Waals surface area contributed by atoms with Gasteiger partial charge in [-0.25, -0.2) is 8.78 Å². The van der Waals surface area contributed by atoms with Crippen LogP contribution in [0.3, 0.4) is 0 Å². The van der Waals surface area contributed by atoms with E-state index in [4.69, 9.17) is 15.2 Å². The van der Waals surface area contributed by atoms with Crippen LogP contribution in [0.25, 0.3) is 10.9 Å². The van der Waals surface area contributed by atoms with Crippen molar-refractivity contribution in [2.75, 3.05) is 19.5 Å². The highest BCUT2D eigenvalue weighted by molar-refractivity contribution is 6.06. The van der Waals surface area contributed by atoms with E-state index in [1.807, 2.05) is 0 Å². The van der Waals surface area contributed by atoms with Gasteiger partial charge in [0.15, 0.2) is 17.2 Å². The lowest BCUT2D eigenvalue weighted by Gasteiger charge is -2.15. The molecule has 0 radical (unpaired) electrons. The van der Waals surface area contributed by atoms with E-state index in [-0.39, 0.29) is 17.1 Å². The number of halogens is 2. The van der Waals surface area contributed by atoms with Crippen LogP contribution in [0.1, 0.15) is 10.5 Å². The summed E-state index contributed by atoms with van der Waals surface area (Å²) in [5.41, 5.74) is 5.58. The molecule has 0 unspecified atom stereocenters.